The number of carbonyl (C=O) groups excluding carboxylic acids is 2. The number of aromatic nitrogens is 2. The molecule has 9 nitrogen and oxygen atoms in total. The monoisotopic (exact) mass is 566 g/mol. The van der Waals surface area contributed by atoms with Crippen LogP contribution >= 0.6 is 23.1 Å². The van der Waals surface area contributed by atoms with Crippen LogP contribution in [0.5, 0.6) is 0 Å². The van der Waals surface area contributed by atoms with Gasteiger partial charge in [-0.25, -0.2) is 8.78 Å². The first-order valence-corrected chi connectivity index (χ1v) is 13.0. The van der Waals surface area contributed by atoms with Crippen LogP contribution in [-0.4, -0.2) is 31.9 Å². The molecule has 1 aromatic heterocycles. The number of thioether (sulfide) groups is 1. The van der Waals surface area contributed by atoms with E-state index < -0.39 is 34.2 Å². The minimum absolute atomic E-state index is 0.0355. The van der Waals surface area contributed by atoms with Crippen molar-refractivity contribution in [1.82, 2.24) is 10.2 Å². The van der Waals surface area contributed by atoms with Gasteiger partial charge < -0.3 is 5.11 Å². The van der Waals surface area contributed by atoms with Gasteiger partial charge in [-0.15, -0.1) is 10.2 Å². The maximum absolute atomic E-state index is 13.5. The van der Waals surface area contributed by atoms with Crippen LogP contribution in [-0.2, 0) is 15.3 Å². The van der Waals surface area contributed by atoms with Crippen LogP contribution in [0, 0.1) is 21.7 Å². The molecule has 1 aliphatic rings. The molecule has 1 fully saturated rings. The summed E-state index contributed by atoms with van der Waals surface area (Å²) in [5, 5.41) is 30.7. The summed E-state index contributed by atoms with van der Waals surface area (Å²) in [6.07, 6.45) is 0. The molecule has 2 heterocycles. The van der Waals surface area contributed by atoms with Gasteiger partial charge in [0.2, 0.25) is 5.13 Å². The van der Waals surface area contributed by atoms with E-state index in [4.69, 9.17) is 0 Å². The summed E-state index contributed by atoms with van der Waals surface area (Å²) in [5.41, 5.74) is 0.477. The molecule has 5 rings (SSSR count). The average molecular weight is 567 g/mol. The smallest absolute Gasteiger partial charge is 0.301 e. The number of ketones is 1. The quantitative estimate of drug-likeness (QED) is 0.0579. The van der Waals surface area contributed by atoms with Crippen LogP contribution in [0.1, 0.15) is 22.7 Å². The average Bonchev–Trinajstić information content (AvgIpc) is 3.50. The number of nitro benzene ring substituents is 1. The van der Waals surface area contributed by atoms with Gasteiger partial charge in [0.1, 0.15) is 17.4 Å². The number of nitro groups is 1. The van der Waals surface area contributed by atoms with Crippen molar-refractivity contribution in [3.8, 4) is 0 Å². The van der Waals surface area contributed by atoms with E-state index in [2.05, 4.69) is 10.2 Å². The summed E-state index contributed by atoms with van der Waals surface area (Å²) in [6.45, 7) is 0. The second-order valence-electron chi connectivity index (χ2n) is 8.29. The third kappa shape index (κ3) is 5.26. The lowest BCUT2D eigenvalue weighted by Gasteiger charge is -2.22. The summed E-state index contributed by atoms with van der Waals surface area (Å²) in [6, 6.07) is 14.7. The highest BCUT2D eigenvalue weighted by Crippen LogP contribution is 2.44. The first kappa shape index (κ1) is 26.1. The molecule has 1 unspecified atom stereocenters. The topological polar surface area (TPSA) is 127 Å². The Morgan fingerprint density at radius 1 is 1.03 bits per heavy atom. The summed E-state index contributed by atoms with van der Waals surface area (Å²) in [5.74, 6) is -3.11. The number of amides is 1. The van der Waals surface area contributed by atoms with Gasteiger partial charge in [-0.05, 0) is 47.5 Å². The molecule has 196 valence electrons. The second-order valence-corrected chi connectivity index (χ2v) is 10.5. The molecular weight excluding hydrogens is 550 g/mol. The number of hydrogen-bond donors (Lipinski definition) is 1. The predicted octanol–water partition coefficient (Wildman–Crippen LogP) is 5.64. The Morgan fingerprint density at radius 3 is 2.36 bits per heavy atom. The lowest BCUT2D eigenvalue weighted by molar-refractivity contribution is -0.384. The molecule has 1 saturated heterocycles. The number of rotatable bonds is 7. The largest absolute Gasteiger partial charge is 0.507 e. The summed E-state index contributed by atoms with van der Waals surface area (Å²) < 4.78 is 27.1. The lowest BCUT2D eigenvalue weighted by atomic mass is 9.95. The van der Waals surface area contributed by atoms with Gasteiger partial charge in [-0.2, -0.15) is 0 Å². The van der Waals surface area contributed by atoms with E-state index in [-0.39, 0.29) is 33.3 Å². The standard InChI is InChI=1S/C26H16F2N4O5S2/c27-17-8-4-14(5-9-17)13-38-26-30-29-25(39-26)31-21(16-2-1-3-19(12-16)32(36)37)20(23(34)24(31)35)22(33)15-6-10-18(28)11-7-15/h1-12,21,33H,13H2/b22-20-. The van der Waals surface area contributed by atoms with E-state index >= 15 is 0 Å². The Balaban J connectivity index is 1.56. The second kappa shape index (κ2) is 10.7. The number of anilines is 1. The van der Waals surface area contributed by atoms with Crippen LogP contribution in [0.25, 0.3) is 5.76 Å². The van der Waals surface area contributed by atoms with Gasteiger partial charge in [0, 0.05) is 23.4 Å². The first-order chi connectivity index (χ1) is 18.7. The zero-order valence-electron chi connectivity index (χ0n) is 19.7. The number of carbonyl (C=O) groups is 2. The molecule has 1 aliphatic heterocycles. The fourth-order valence-electron chi connectivity index (χ4n) is 4.00. The first-order valence-electron chi connectivity index (χ1n) is 11.2. The summed E-state index contributed by atoms with van der Waals surface area (Å²) in [4.78, 5) is 38.3. The molecule has 39 heavy (non-hydrogen) atoms. The van der Waals surface area contributed by atoms with Crippen molar-refractivity contribution in [2.24, 2.45) is 0 Å². The molecule has 4 aromatic rings. The van der Waals surface area contributed by atoms with Crippen molar-refractivity contribution in [3.05, 3.63) is 117 Å². The van der Waals surface area contributed by atoms with Crippen LogP contribution in [0.15, 0.2) is 82.7 Å². The number of halogens is 2. The van der Waals surface area contributed by atoms with Crippen LogP contribution < -0.4 is 4.90 Å². The van der Waals surface area contributed by atoms with Gasteiger partial charge in [0.25, 0.3) is 11.5 Å². The van der Waals surface area contributed by atoms with E-state index in [9.17, 15) is 33.6 Å². The molecule has 0 bridgehead atoms. The fraction of sp³-hybridized carbons (Fsp3) is 0.0769. The van der Waals surface area contributed by atoms with Crippen molar-refractivity contribution < 1.29 is 28.4 Å². The third-order valence-electron chi connectivity index (χ3n) is 5.84. The molecular formula is C26H16F2N4O5S2. The van der Waals surface area contributed by atoms with Crippen molar-refractivity contribution >= 4 is 51.4 Å². The maximum atomic E-state index is 13.5. The van der Waals surface area contributed by atoms with Crippen LogP contribution in [0.3, 0.4) is 0 Å². The lowest BCUT2D eigenvalue weighted by Crippen LogP contribution is -2.29. The van der Waals surface area contributed by atoms with Gasteiger partial charge in [0.05, 0.1) is 16.5 Å². The molecule has 0 saturated carbocycles. The molecule has 1 N–H and O–H groups in total. The molecule has 3 aromatic carbocycles. The Hall–Kier alpha value is -4.49. The normalized spacial score (nSPS) is 16.6. The number of aliphatic hydroxyl groups is 1. The highest BCUT2D eigenvalue weighted by atomic mass is 32.2. The third-order valence-corrected chi connectivity index (χ3v) is 7.96. The number of non-ortho nitro benzene ring substituents is 1. The van der Waals surface area contributed by atoms with Crippen molar-refractivity contribution in [2.45, 2.75) is 16.1 Å². The van der Waals surface area contributed by atoms with Crippen LogP contribution in [0.4, 0.5) is 19.6 Å². The predicted molar refractivity (Wildman–Crippen MR) is 140 cm³/mol. The van der Waals surface area contributed by atoms with Crippen molar-refractivity contribution in [3.63, 3.8) is 0 Å². The molecule has 0 aliphatic carbocycles. The molecule has 0 spiro atoms. The van der Waals surface area contributed by atoms with Gasteiger partial charge in [0.15, 0.2) is 4.34 Å². The molecule has 1 atom stereocenters. The van der Waals surface area contributed by atoms with Gasteiger partial charge in [-0.1, -0.05) is 47.4 Å². The zero-order chi connectivity index (χ0) is 27.7. The van der Waals surface area contributed by atoms with Crippen LogP contribution in [0.2, 0.25) is 0 Å². The van der Waals surface area contributed by atoms with E-state index in [1.165, 1.54) is 60.3 Å². The van der Waals surface area contributed by atoms with Gasteiger partial charge in [-0.3, -0.25) is 24.6 Å². The zero-order valence-corrected chi connectivity index (χ0v) is 21.3. The van der Waals surface area contributed by atoms with E-state index in [0.717, 1.165) is 33.9 Å². The van der Waals surface area contributed by atoms with E-state index in [1.54, 1.807) is 12.1 Å². The van der Waals surface area contributed by atoms with Crippen molar-refractivity contribution in [1.29, 1.82) is 0 Å². The number of benzene rings is 3. The Bertz CT molecular complexity index is 1620. The molecule has 1 amide bonds. The molecule has 13 heteroatoms. The Morgan fingerprint density at radius 2 is 1.69 bits per heavy atom. The summed E-state index contributed by atoms with van der Waals surface area (Å²) >= 11 is 2.29. The Labute approximate surface area is 227 Å². The SMILES string of the molecule is O=C1C(=O)N(c2nnc(SCc3ccc(F)cc3)s2)C(c2cccc([N+](=O)[O-])c2)/C1=C(/O)c1ccc(F)cc1. The maximum Gasteiger partial charge on any atom is 0.301 e. The number of hydrogen-bond acceptors (Lipinski definition) is 9. The fourth-order valence-corrected chi connectivity index (χ4v) is 5.82. The Kier molecular flexibility index (Phi) is 7.17. The minimum atomic E-state index is -1.27. The molecule has 0 radical (unpaired) electrons. The van der Waals surface area contributed by atoms with Crippen molar-refractivity contribution in [2.75, 3.05) is 4.90 Å². The number of aliphatic hydroxyl groups excluding tert-OH is 1. The summed E-state index contributed by atoms with van der Waals surface area (Å²) in [7, 11) is 0. The minimum Gasteiger partial charge on any atom is -0.507 e. The highest BCUT2D eigenvalue weighted by Gasteiger charge is 2.48. The van der Waals surface area contributed by atoms with E-state index in [1.807, 2.05) is 0 Å². The van der Waals surface area contributed by atoms with E-state index in [0.29, 0.717) is 10.1 Å². The number of nitrogens with zero attached hydrogens (tertiary/aromatic N) is 4. The number of Topliss-reactive ketones (excluding diaryl/α,β-unsaturated/α-hetero) is 1. The highest BCUT2D eigenvalue weighted by molar-refractivity contribution is 8.00. The van der Waals surface area contributed by atoms with Gasteiger partial charge >= 0.3 is 5.91 Å².